The van der Waals surface area contributed by atoms with Crippen molar-refractivity contribution in [1.29, 1.82) is 0 Å². The van der Waals surface area contributed by atoms with Crippen molar-refractivity contribution < 1.29 is 18.7 Å². The third-order valence-electron chi connectivity index (χ3n) is 4.12. The van der Waals surface area contributed by atoms with Gasteiger partial charge in [0.2, 0.25) is 0 Å². The lowest BCUT2D eigenvalue weighted by Crippen LogP contribution is -2.22. The van der Waals surface area contributed by atoms with Crippen LogP contribution in [0.3, 0.4) is 0 Å². The first-order valence-corrected chi connectivity index (χ1v) is 8.52. The normalized spacial score (nSPS) is 10.7. The van der Waals surface area contributed by atoms with Gasteiger partial charge in [0.1, 0.15) is 5.82 Å². The second kappa shape index (κ2) is 7.72. The number of hydrogen-bond donors (Lipinski definition) is 1. The van der Waals surface area contributed by atoms with Crippen molar-refractivity contribution in [2.45, 2.75) is 13.8 Å². The third kappa shape index (κ3) is 4.06. The van der Waals surface area contributed by atoms with E-state index in [1.807, 2.05) is 6.07 Å². The summed E-state index contributed by atoms with van der Waals surface area (Å²) in [6.07, 6.45) is 0. The van der Waals surface area contributed by atoms with Gasteiger partial charge < -0.3 is 10.1 Å². The summed E-state index contributed by atoms with van der Waals surface area (Å²) < 4.78 is 18.9. The quantitative estimate of drug-likeness (QED) is 0.673. The third-order valence-corrected chi connectivity index (χ3v) is 4.36. The number of rotatable bonds is 4. The van der Waals surface area contributed by atoms with Crippen LogP contribution < -0.4 is 5.32 Å². The Balaban J connectivity index is 1.75. The van der Waals surface area contributed by atoms with Crippen LogP contribution in [-0.2, 0) is 9.53 Å². The summed E-state index contributed by atoms with van der Waals surface area (Å²) in [6, 6.07) is 11.1. The molecular weight excluding hydrogens is 371 g/mol. The lowest BCUT2D eigenvalue weighted by Gasteiger charge is -2.12. The zero-order valence-electron chi connectivity index (χ0n) is 14.7. The Morgan fingerprint density at radius 1 is 1.19 bits per heavy atom. The molecule has 0 spiro atoms. The van der Waals surface area contributed by atoms with E-state index in [2.05, 4.69) is 10.3 Å². The molecular formula is C20H16ClFN2O3. The van der Waals surface area contributed by atoms with Crippen LogP contribution in [0, 0.1) is 19.7 Å². The molecule has 0 saturated carbocycles. The predicted molar refractivity (Wildman–Crippen MR) is 102 cm³/mol. The zero-order chi connectivity index (χ0) is 19.6. The van der Waals surface area contributed by atoms with E-state index in [9.17, 15) is 14.0 Å². The molecule has 0 aliphatic carbocycles. The highest BCUT2D eigenvalue weighted by molar-refractivity contribution is 6.30. The zero-order valence-corrected chi connectivity index (χ0v) is 15.4. The molecule has 0 aliphatic heterocycles. The molecule has 1 heterocycles. The molecule has 1 aromatic heterocycles. The number of para-hydroxylation sites is 1. The van der Waals surface area contributed by atoms with E-state index in [4.69, 9.17) is 16.3 Å². The molecule has 0 bridgehead atoms. The molecule has 3 rings (SSSR count). The van der Waals surface area contributed by atoms with Crippen molar-refractivity contribution in [2.24, 2.45) is 0 Å². The first-order chi connectivity index (χ1) is 12.9. The van der Waals surface area contributed by atoms with Crippen molar-refractivity contribution in [1.82, 2.24) is 4.98 Å². The Kier molecular flexibility index (Phi) is 5.37. The number of esters is 1. The van der Waals surface area contributed by atoms with Gasteiger partial charge in [-0.1, -0.05) is 29.8 Å². The van der Waals surface area contributed by atoms with E-state index < -0.39 is 24.3 Å². The van der Waals surface area contributed by atoms with E-state index in [0.29, 0.717) is 27.7 Å². The van der Waals surface area contributed by atoms with Crippen LogP contribution in [0.2, 0.25) is 5.02 Å². The molecule has 0 saturated heterocycles. The fourth-order valence-corrected chi connectivity index (χ4v) is 2.83. The highest BCUT2D eigenvalue weighted by Crippen LogP contribution is 2.24. The van der Waals surface area contributed by atoms with Gasteiger partial charge in [-0.3, -0.25) is 9.78 Å². The predicted octanol–water partition coefficient (Wildman–Crippen LogP) is 4.44. The summed E-state index contributed by atoms with van der Waals surface area (Å²) in [5, 5.41) is 3.21. The van der Waals surface area contributed by atoms with Gasteiger partial charge >= 0.3 is 5.97 Å². The molecule has 0 fully saturated rings. The van der Waals surface area contributed by atoms with E-state index in [1.165, 1.54) is 12.1 Å². The average Bonchev–Trinajstić information content (AvgIpc) is 2.63. The summed E-state index contributed by atoms with van der Waals surface area (Å²) in [5.74, 6) is -1.97. The molecule has 0 unspecified atom stereocenters. The maximum absolute atomic E-state index is 13.7. The van der Waals surface area contributed by atoms with Crippen molar-refractivity contribution in [3.05, 3.63) is 70.1 Å². The molecule has 1 N–H and O–H groups in total. The van der Waals surface area contributed by atoms with E-state index in [0.717, 1.165) is 6.07 Å². The maximum Gasteiger partial charge on any atom is 0.339 e. The van der Waals surface area contributed by atoms with Gasteiger partial charge in [0.15, 0.2) is 6.61 Å². The molecule has 0 atom stereocenters. The fraction of sp³-hybridized carbons (Fsp3) is 0.150. The lowest BCUT2D eigenvalue weighted by atomic mass is 10.0. The van der Waals surface area contributed by atoms with Crippen LogP contribution in [-0.4, -0.2) is 23.5 Å². The first kappa shape index (κ1) is 18.8. The standard InChI is InChI=1S/C20H16ClFN2O3/c1-11-12(2)23-16-6-4-3-5-14(16)19(11)20(26)27-10-18(25)24-17-8-7-13(21)9-15(17)22/h3-9H,10H2,1-2H3,(H,24,25). The molecule has 5 nitrogen and oxygen atoms in total. The number of aryl methyl sites for hydroxylation is 1. The van der Waals surface area contributed by atoms with Crippen molar-refractivity contribution in [2.75, 3.05) is 11.9 Å². The highest BCUT2D eigenvalue weighted by Gasteiger charge is 2.19. The number of amides is 1. The smallest absolute Gasteiger partial charge is 0.339 e. The summed E-state index contributed by atoms with van der Waals surface area (Å²) >= 11 is 5.67. The molecule has 0 radical (unpaired) electrons. The van der Waals surface area contributed by atoms with Gasteiger partial charge in [0.25, 0.3) is 5.91 Å². The molecule has 3 aromatic rings. The molecule has 7 heteroatoms. The topological polar surface area (TPSA) is 68.3 Å². The number of fused-ring (bicyclic) bond motifs is 1. The van der Waals surface area contributed by atoms with Crippen molar-refractivity contribution >= 4 is 40.1 Å². The van der Waals surface area contributed by atoms with Crippen LogP contribution in [0.25, 0.3) is 10.9 Å². The molecule has 1 amide bonds. The Bertz CT molecular complexity index is 1050. The number of nitrogens with one attached hydrogen (secondary N) is 1. The Labute approximate surface area is 160 Å². The number of benzene rings is 2. The summed E-state index contributed by atoms with van der Waals surface area (Å²) in [6.45, 7) is 3.03. The monoisotopic (exact) mass is 386 g/mol. The summed E-state index contributed by atoms with van der Waals surface area (Å²) in [7, 11) is 0. The van der Waals surface area contributed by atoms with E-state index >= 15 is 0 Å². The minimum absolute atomic E-state index is 0.0400. The van der Waals surface area contributed by atoms with Crippen molar-refractivity contribution in [3.8, 4) is 0 Å². The van der Waals surface area contributed by atoms with Crippen molar-refractivity contribution in [3.63, 3.8) is 0 Å². The number of nitrogens with zero attached hydrogens (tertiary/aromatic N) is 1. The Morgan fingerprint density at radius 3 is 2.67 bits per heavy atom. The number of aromatic nitrogens is 1. The average molecular weight is 387 g/mol. The maximum atomic E-state index is 13.7. The Hall–Kier alpha value is -2.99. The van der Waals surface area contributed by atoms with Gasteiger partial charge in [-0.05, 0) is 43.7 Å². The van der Waals surface area contributed by atoms with Crippen LogP contribution in [0.1, 0.15) is 21.6 Å². The van der Waals surface area contributed by atoms with Gasteiger partial charge in [-0.25, -0.2) is 9.18 Å². The molecule has 0 aliphatic rings. The second-order valence-corrected chi connectivity index (χ2v) is 6.40. The first-order valence-electron chi connectivity index (χ1n) is 8.15. The van der Waals surface area contributed by atoms with Gasteiger partial charge in [-0.2, -0.15) is 0 Å². The highest BCUT2D eigenvalue weighted by atomic mass is 35.5. The summed E-state index contributed by atoms with van der Waals surface area (Å²) in [5.41, 5.74) is 2.38. The summed E-state index contributed by atoms with van der Waals surface area (Å²) in [4.78, 5) is 29.0. The number of pyridine rings is 1. The van der Waals surface area contributed by atoms with Gasteiger partial charge in [0, 0.05) is 16.1 Å². The van der Waals surface area contributed by atoms with Crippen LogP contribution >= 0.6 is 11.6 Å². The minimum Gasteiger partial charge on any atom is -0.452 e. The number of carbonyl (C=O) groups excluding carboxylic acids is 2. The number of hydrogen-bond acceptors (Lipinski definition) is 4. The lowest BCUT2D eigenvalue weighted by molar-refractivity contribution is -0.119. The minimum atomic E-state index is -0.672. The SMILES string of the molecule is Cc1nc2ccccc2c(C(=O)OCC(=O)Nc2ccc(Cl)cc2F)c1C. The van der Waals surface area contributed by atoms with Gasteiger partial charge in [-0.15, -0.1) is 0 Å². The Morgan fingerprint density at radius 2 is 1.93 bits per heavy atom. The number of carbonyl (C=O) groups is 2. The van der Waals surface area contributed by atoms with E-state index in [1.54, 1.807) is 32.0 Å². The van der Waals surface area contributed by atoms with Crippen LogP contribution in [0.15, 0.2) is 42.5 Å². The molecule has 2 aromatic carbocycles. The van der Waals surface area contributed by atoms with Gasteiger partial charge in [0.05, 0.1) is 16.8 Å². The number of halogens is 2. The fourth-order valence-electron chi connectivity index (χ4n) is 2.67. The van der Waals surface area contributed by atoms with Crippen LogP contribution in [0.5, 0.6) is 0 Å². The number of anilines is 1. The molecule has 27 heavy (non-hydrogen) atoms. The second-order valence-electron chi connectivity index (χ2n) is 5.96. The molecule has 138 valence electrons. The largest absolute Gasteiger partial charge is 0.452 e. The number of ether oxygens (including phenoxy) is 1. The van der Waals surface area contributed by atoms with Crippen LogP contribution in [0.4, 0.5) is 10.1 Å². The van der Waals surface area contributed by atoms with E-state index in [-0.39, 0.29) is 10.7 Å².